The van der Waals surface area contributed by atoms with Crippen molar-refractivity contribution >= 4 is 28.3 Å². The molecule has 1 spiro atoms. The van der Waals surface area contributed by atoms with Crippen molar-refractivity contribution in [1.82, 2.24) is 20.5 Å². The van der Waals surface area contributed by atoms with E-state index in [0.717, 1.165) is 83.1 Å². The maximum absolute atomic E-state index is 13.0. The summed E-state index contributed by atoms with van der Waals surface area (Å²) >= 11 is 0. The van der Waals surface area contributed by atoms with Gasteiger partial charge in [0.05, 0.1) is 18.0 Å². The number of hydrogen-bond donors (Lipinski definition) is 3. The molecule has 8 nitrogen and oxygen atoms in total. The van der Waals surface area contributed by atoms with Crippen LogP contribution >= 0.6 is 0 Å². The van der Waals surface area contributed by atoms with Crippen LogP contribution in [-0.4, -0.2) is 54.4 Å². The number of hydrogen-bond acceptors (Lipinski definition) is 6. The Morgan fingerprint density at radius 1 is 1.09 bits per heavy atom. The Labute approximate surface area is 202 Å². The maximum Gasteiger partial charge on any atom is 0.235 e. The van der Waals surface area contributed by atoms with Crippen LogP contribution in [0.1, 0.15) is 23.5 Å². The van der Waals surface area contributed by atoms with E-state index in [-0.39, 0.29) is 11.8 Å². The summed E-state index contributed by atoms with van der Waals surface area (Å²) in [5.41, 5.74) is 5.41. The summed E-state index contributed by atoms with van der Waals surface area (Å²) in [5, 5.41) is 15.3. The molecule has 176 valence electrons. The minimum Gasteiger partial charge on any atom is -0.497 e. The number of fused-ring (bicyclic) bond motifs is 3. The fourth-order valence-electron chi connectivity index (χ4n) is 5.78. The van der Waals surface area contributed by atoms with Crippen molar-refractivity contribution in [3.05, 3.63) is 65.9 Å². The average molecular weight is 467 g/mol. The molecule has 2 fully saturated rings. The summed E-state index contributed by atoms with van der Waals surface area (Å²) in [5.74, 6) is 1.98. The Balaban J connectivity index is 1.18. The van der Waals surface area contributed by atoms with E-state index in [1.807, 2.05) is 24.4 Å². The molecule has 3 N–H and O–H groups in total. The molecule has 4 heterocycles. The molecule has 2 aliphatic heterocycles. The minimum atomic E-state index is -0.510. The lowest BCUT2D eigenvalue weighted by Crippen LogP contribution is -2.43. The summed E-state index contributed by atoms with van der Waals surface area (Å²) in [7, 11) is 1.65. The Hall–Kier alpha value is -3.91. The fraction of sp³-hybridized carbons (Fsp3) is 0.296. The fourth-order valence-corrected chi connectivity index (χ4v) is 5.78. The molecule has 4 aromatic rings. The van der Waals surface area contributed by atoms with Crippen molar-refractivity contribution in [3.8, 4) is 17.0 Å². The van der Waals surface area contributed by atoms with Gasteiger partial charge in [0.1, 0.15) is 17.3 Å². The summed E-state index contributed by atoms with van der Waals surface area (Å²) < 4.78 is 5.42. The summed E-state index contributed by atoms with van der Waals surface area (Å²) in [6.07, 6.45) is 2.70. The van der Waals surface area contributed by atoms with Gasteiger partial charge in [0, 0.05) is 54.9 Å². The lowest BCUT2D eigenvalue weighted by Gasteiger charge is -2.28. The van der Waals surface area contributed by atoms with Crippen molar-refractivity contribution in [2.24, 2.45) is 0 Å². The molecule has 2 aromatic heterocycles. The van der Waals surface area contributed by atoms with Crippen molar-refractivity contribution < 1.29 is 9.53 Å². The number of carbonyl (C=O) groups is 1. The number of rotatable bonds is 4. The molecule has 0 radical (unpaired) electrons. The number of ether oxygens (including phenoxy) is 1. The van der Waals surface area contributed by atoms with Gasteiger partial charge in [-0.2, -0.15) is 5.10 Å². The van der Waals surface area contributed by atoms with Gasteiger partial charge in [0.2, 0.25) is 5.91 Å². The molecule has 7 rings (SSSR count). The molecule has 1 aliphatic carbocycles. The van der Waals surface area contributed by atoms with Crippen molar-refractivity contribution in [3.63, 3.8) is 0 Å². The highest BCUT2D eigenvalue weighted by atomic mass is 16.5. The third-order valence-electron chi connectivity index (χ3n) is 7.77. The van der Waals surface area contributed by atoms with Crippen LogP contribution in [0.15, 0.2) is 54.7 Å². The minimum absolute atomic E-state index is 0.0757. The summed E-state index contributed by atoms with van der Waals surface area (Å²) in [6.45, 7) is 3.91. The average Bonchev–Trinajstić information content (AvgIpc) is 3.44. The van der Waals surface area contributed by atoms with Crippen molar-refractivity contribution in [2.75, 3.05) is 43.5 Å². The van der Waals surface area contributed by atoms with E-state index in [0.29, 0.717) is 0 Å². The number of methoxy groups -OCH3 is 1. The summed E-state index contributed by atoms with van der Waals surface area (Å²) in [6, 6.07) is 16.4. The van der Waals surface area contributed by atoms with E-state index in [2.05, 4.69) is 56.1 Å². The number of carbonyl (C=O) groups excluding carboxylic acids is 1. The van der Waals surface area contributed by atoms with Crippen LogP contribution in [0.3, 0.4) is 0 Å². The van der Waals surface area contributed by atoms with Crippen LogP contribution < -0.4 is 20.3 Å². The zero-order chi connectivity index (χ0) is 23.6. The Kier molecular flexibility index (Phi) is 4.41. The second kappa shape index (κ2) is 7.55. The number of amides is 1. The van der Waals surface area contributed by atoms with Gasteiger partial charge < -0.3 is 20.3 Å². The summed E-state index contributed by atoms with van der Waals surface area (Å²) in [4.78, 5) is 20.0. The third-order valence-corrected chi connectivity index (χ3v) is 7.77. The molecule has 35 heavy (non-hydrogen) atoms. The number of benzene rings is 2. The van der Waals surface area contributed by atoms with Gasteiger partial charge in [-0.3, -0.25) is 9.89 Å². The topological polar surface area (TPSA) is 95.2 Å². The standard InChI is InChI=1S/C27H26N6O2/c1-35-18-4-6-22-20(13-18)27(26(34)30-22)14-21(27)16-2-5-19-23(12-16)31-32-25(19)17-3-7-24(29-15-17)33-10-8-28-9-11-33/h2-7,12-13,15,21,28H,8-11,14H2,1H3,(H,30,34)(H,31,32)/t21-,27?/m0/s1. The second-order valence-electron chi connectivity index (χ2n) is 9.61. The van der Waals surface area contributed by atoms with Gasteiger partial charge in [-0.05, 0) is 53.9 Å². The molecular formula is C27H26N6O2. The number of anilines is 2. The number of piperazine rings is 1. The van der Waals surface area contributed by atoms with Gasteiger partial charge in [-0.1, -0.05) is 12.1 Å². The van der Waals surface area contributed by atoms with Crippen LogP contribution in [0, 0.1) is 0 Å². The smallest absolute Gasteiger partial charge is 0.235 e. The highest BCUT2D eigenvalue weighted by molar-refractivity contribution is 6.10. The van der Waals surface area contributed by atoms with Gasteiger partial charge in [0.25, 0.3) is 0 Å². The number of aromatic nitrogens is 3. The van der Waals surface area contributed by atoms with E-state index in [4.69, 9.17) is 9.72 Å². The molecule has 2 aromatic carbocycles. The monoisotopic (exact) mass is 466 g/mol. The first-order chi connectivity index (χ1) is 17.2. The quantitative estimate of drug-likeness (QED) is 0.427. The predicted octanol–water partition coefficient (Wildman–Crippen LogP) is 3.42. The number of H-pyrrole nitrogens is 1. The maximum atomic E-state index is 13.0. The van der Waals surface area contributed by atoms with Crippen LogP contribution in [-0.2, 0) is 10.2 Å². The van der Waals surface area contributed by atoms with E-state index >= 15 is 0 Å². The highest BCUT2D eigenvalue weighted by Gasteiger charge is 2.65. The number of pyridine rings is 1. The van der Waals surface area contributed by atoms with Gasteiger partial charge in [0.15, 0.2) is 0 Å². The van der Waals surface area contributed by atoms with Gasteiger partial charge in [-0.15, -0.1) is 0 Å². The molecule has 1 saturated heterocycles. The first kappa shape index (κ1) is 20.5. The van der Waals surface area contributed by atoms with Gasteiger partial charge >= 0.3 is 0 Å². The zero-order valence-corrected chi connectivity index (χ0v) is 19.5. The van der Waals surface area contributed by atoms with Crippen molar-refractivity contribution in [2.45, 2.75) is 17.8 Å². The lowest BCUT2D eigenvalue weighted by molar-refractivity contribution is -0.118. The van der Waals surface area contributed by atoms with Gasteiger partial charge in [-0.25, -0.2) is 4.98 Å². The van der Waals surface area contributed by atoms with Crippen LogP contribution in [0.2, 0.25) is 0 Å². The lowest BCUT2D eigenvalue weighted by atomic mass is 9.91. The number of nitrogens with one attached hydrogen (secondary N) is 3. The number of nitrogens with zero attached hydrogens (tertiary/aromatic N) is 3. The molecule has 1 unspecified atom stereocenters. The molecule has 0 bridgehead atoms. The molecule has 1 saturated carbocycles. The Morgan fingerprint density at radius 3 is 2.77 bits per heavy atom. The first-order valence-corrected chi connectivity index (χ1v) is 12.1. The molecule has 2 atom stereocenters. The second-order valence-corrected chi connectivity index (χ2v) is 9.61. The van der Waals surface area contributed by atoms with Crippen LogP contribution in [0.4, 0.5) is 11.5 Å². The van der Waals surface area contributed by atoms with E-state index in [1.165, 1.54) is 0 Å². The van der Waals surface area contributed by atoms with Crippen LogP contribution in [0.25, 0.3) is 22.2 Å². The van der Waals surface area contributed by atoms with Crippen LogP contribution in [0.5, 0.6) is 5.75 Å². The number of aromatic amines is 1. The third kappa shape index (κ3) is 3.06. The largest absolute Gasteiger partial charge is 0.497 e. The molecule has 8 heteroatoms. The van der Waals surface area contributed by atoms with E-state index < -0.39 is 5.41 Å². The van der Waals surface area contributed by atoms with Crippen molar-refractivity contribution in [1.29, 1.82) is 0 Å². The molecule has 1 amide bonds. The van der Waals surface area contributed by atoms with E-state index in [9.17, 15) is 4.79 Å². The SMILES string of the molecule is COc1ccc2c(c1)C1(C[C@H]1c1ccc3c(-c4ccc(N5CCNCC5)nc4)n[nH]c3c1)C(=O)N2. The Morgan fingerprint density at radius 2 is 1.97 bits per heavy atom. The molecule has 3 aliphatic rings. The first-order valence-electron chi connectivity index (χ1n) is 12.1. The normalized spacial score (nSPS) is 22.9. The highest BCUT2D eigenvalue weighted by Crippen LogP contribution is 2.65. The predicted molar refractivity (Wildman–Crippen MR) is 135 cm³/mol. The Bertz CT molecular complexity index is 1460. The molecular weight excluding hydrogens is 440 g/mol. The van der Waals surface area contributed by atoms with E-state index in [1.54, 1.807) is 7.11 Å². The zero-order valence-electron chi connectivity index (χ0n) is 19.5.